The van der Waals surface area contributed by atoms with Gasteiger partial charge in [0.15, 0.2) is 0 Å². The van der Waals surface area contributed by atoms with Crippen molar-refractivity contribution in [3.05, 3.63) is 52.0 Å². The topological polar surface area (TPSA) is 62.2 Å². The highest BCUT2D eigenvalue weighted by atomic mass is 79.9. The number of halogens is 2. The number of aromatic nitrogens is 1. The van der Waals surface area contributed by atoms with Crippen LogP contribution in [0.3, 0.4) is 0 Å². The van der Waals surface area contributed by atoms with Crippen LogP contribution in [0.1, 0.15) is 16.1 Å². The predicted octanol–water partition coefficient (Wildman–Crippen LogP) is 3.73. The quantitative estimate of drug-likeness (QED) is 0.902. The molecule has 98 valence electrons. The third-order valence-corrected chi connectivity index (χ3v) is 3.13. The molecule has 0 amide bonds. The summed E-state index contributed by atoms with van der Waals surface area (Å²) >= 11 is 3.11. The molecule has 0 aliphatic rings. The SMILES string of the molecule is Cc1cc(F)c(Br)cc1Nc1ccnc(C(=O)O)c1. The van der Waals surface area contributed by atoms with Crippen LogP contribution in [0, 0.1) is 12.7 Å². The number of rotatable bonds is 3. The van der Waals surface area contributed by atoms with Crippen LogP contribution >= 0.6 is 15.9 Å². The number of carbonyl (C=O) groups is 1. The van der Waals surface area contributed by atoms with Crippen molar-refractivity contribution in [1.29, 1.82) is 0 Å². The molecule has 19 heavy (non-hydrogen) atoms. The zero-order valence-corrected chi connectivity index (χ0v) is 11.5. The molecule has 0 saturated heterocycles. The summed E-state index contributed by atoms with van der Waals surface area (Å²) in [5, 5.41) is 11.9. The Morgan fingerprint density at radius 2 is 2.16 bits per heavy atom. The molecule has 4 nitrogen and oxygen atoms in total. The summed E-state index contributed by atoms with van der Waals surface area (Å²) in [5.74, 6) is -1.44. The number of benzene rings is 1. The summed E-state index contributed by atoms with van der Waals surface area (Å²) in [4.78, 5) is 14.5. The largest absolute Gasteiger partial charge is 0.477 e. The Morgan fingerprint density at radius 1 is 1.42 bits per heavy atom. The number of nitrogens with zero attached hydrogens (tertiary/aromatic N) is 1. The summed E-state index contributed by atoms with van der Waals surface area (Å²) in [6.07, 6.45) is 1.40. The standard InChI is InChI=1S/C13H10BrFN2O2/c1-7-4-10(15)9(14)6-11(7)17-8-2-3-16-12(5-8)13(18)19/h2-6H,1H3,(H,16,17)(H,18,19). The zero-order chi connectivity index (χ0) is 14.0. The van der Waals surface area contributed by atoms with Crippen molar-refractivity contribution in [2.24, 2.45) is 0 Å². The molecule has 2 rings (SSSR count). The van der Waals surface area contributed by atoms with E-state index in [2.05, 4.69) is 26.2 Å². The molecule has 0 saturated carbocycles. The minimum Gasteiger partial charge on any atom is -0.477 e. The minimum atomic E-state index is -1.10. The molecule has 2 N–H and O–H groups in total. The van der Waals surface area contributed by atoms with Gasteiger partial charge in [-0.25, -0.2) is 14.2 Å². The van der Waals surface area contributed by atoms with Gasteiger partial charge in [0, 0.05) is 17.6 Å². The van der Waals surface area contributed by atoms with E-state index in [4.69, 9.17) is 5.11 Å². The Kier molecular flexibility index (Phi) is 3.80. The van der Waals surface area contributed by atoms with Crippen molar-refractivity contribution in [1.82, 2.24) is 4.98 Å². The summed E-state index contributed by atoms with van der Waals surface area (Å²) in [5.41, 5.74) is 1.93. The maximum Gasteiger partial charge on any atom is 0.354 e. The third-order valence-electron chi connectivity index (χ3n) is 2.53. The Labute approximate surface area is 117 Å². The van der Waals surface area contributed by atoms with Crippen molar-refractivity contribution < 1.29 is 14.3 Å². The van der Waals surface area contributed by atoms with E-state index in [-0.39, 0.29) is 11.5 Å². The van der Waals surface area contributed by atoms with Crippen molar-refractivity contribution in [3.8, 4) is 0 Å². The van der Waals surface area contributed by atoms with E-state index in [9.17, 15) is 9.18 Å². The van der Waals surface area contributed by atoms with E-state index in [0.717, 1.165) is 5.56 Å². The molecular formula is C13H10BrFN2O2. The number of carboxylic acid groups (broad SMARTS) is 1. The van der Waals surface area contributed by atoms with Gasteiger partial charge >= 0.3 is 5.97 Å². The lowest BCUT2D eigenvalue weighted by Gasteiger charge is -2.11. The first-order chi connectivity index (χ1) is 8.97. The molecule has 0 unspecified atom stereocenters. The molecule has 0 aliphatic carbocycles. The number of pyridine rings is 1. The average Bonchev–Trinajstić information content (AvgIpc) is 2.36. The van der Waals surface area contributed by atoms with Crippen LogP contribution in [-0.4, -0.2) is 16.1 Å². The fraction of sp³-hybridized carbons (Fsp3) is 0.0769. The van der Waals surface area contributed by atoms with E-state index >= 15 is 0 Å². The Hall–Kier alpha value is -1.95. The van der Waals surface area contributed by atoms with Gasteiger partial charge in [-0.1, -0.05) is 0 Å². The number of hydrogen-bond donors (Lipinski definition) is 2. The molecule has 0 spiro atoms. The van der Waals surface area contributed by atoms with Gasteiger partial charge in [-0.15, -0.1) is 0 Å². The molecular weight excluding hydrogens is 315 g/mol. The second kappa shape index (κ2) is 5.36. The van der Waals surface area contributed by atoms with Crippen LogP contribution in [0.5, 0.6) is 0 Å². The molecule has 0 atom stereocenters. The van der Waals surface area contributed by atoms with E-state index in [1.165, 1.54) is 18.3 Å². The maximum atomic E-state index is 13.3. The van der Waals surface area contributed by atoms with Crippen molar-refractivity contribution in [2.75, 3.05) is 5.32 Å². The van der Waals surface area contributed by atoms with Crippen LogP contribution in [0.2, 0.25) is 0 Å². The highest BCUT2D eigenvalue weighted by molar-refractivity contribution is 9.10. The van der Waals surface area contributed by atoms with Crippen molar-refractivity contribution in [2.45, 2.75) is 6.92 Å². The molecule has 0 aliphatic heterocycles. The van der Waals surface area contributed by atoms with Gasteiger partial charge in [0.1, 0.15) is 11.5 Å². The fourth-order valence-corrected chi connectivity index (χ4v) is 1.91. The van der Waals surface area contributed by atoms with E-state index in [0.29, 0.717) is 15.8 Å². The van der Waals surface area contributed by atoms with Gasteiger partial charge < -0.3 is 10.4 Å². The predicted molar refractivity (Wildman–Crippen MR) is 73.3 cm³/mol. The molecule has 1 heterocycles. The average molecular weight is 325 g/mol. The summed E-state index contributed by atoms with van der Waals surface area (Å²) in [7, 11) is 0. The van der Waals surface area contributed by atoms with E-state index in [1.807, 2.05) is 0 Å². The highest BCUT2D eigenvalue weighted by Crippen LogP contribution is 2.27. The normalized spacial score (nSPS) is 10.3. The van der Waals surface area contributed by atoms with Crippen molar-refractivity contribution >= 4 is 33.3 Å². The Balaban J connectivity index is 2.33. The lowest BCUT2D eigenvalue weighted by molar-refractivity contribution is 0.0690. The number of anilines is 2. The molecule has 0 fully saturated rings. The maximum absolute atomic E-state index is 13.3. The molecule has 0 bridgehead atoms. The molecule has 0 radical (unpaired) electrons. The van der Waals surface area contributed by atoms with Crippen LogP contribution in [0.15, 0.2) is 34.9 Å². The van der Waals surface area contributed by atoms with Crippen molar-refractivity contribution in [3.63, 3.8) is 0 Å². The van der Waals surface area contributed by atoms with Crippen LogP contribution in [0.4, 0.5) is 15.8 Å². The molecule has 6 heteroatoms. The van der Waals surface area contributed by atoms with Gasteiger partial charge in [0.05, 0.1) is 4.47 Å². The lowest BCUT2D eigenvalue weighted by atomic mass is 10.2. The monoisotopic (exact) mass is 324 g/mol. The first-order valence-electron chi connectivity index (χ1n) is 5.39. The first kappa shape index (κ1) is 13.5. The van der Waals surface area contributed by atoms with Crippen LogP contribution in [-0.2, 0) is 0 Å². The van der Waals surface area contributed by atoms with Gasteiger partial charge in [-0.2, -0.15) is 0 Å². The molecule has 1 aromatic heterocycles. The van der Waals surface area contributed by atoms with E-state index in [1.54, 1.807) is 19.1 Å². The lowest BCUT2D eigenvalue weighted by Crippen LogP contribution is -2.01. The Bertz CT molecular complexity index is 647. The van der Waals surface area contributed by atoms with Gasteiger partial charge in [-0.3, -0.25) is 0 Å². The summed E-state index contributed by atoms with van der Waals surface area (Å²) in [6.45, 7) is 1.76. The van der Waals surface area contributed by atoms with Crippen LogP contribution < -0.4 is 5.32 Å². The number of hydrogen-bond acceptors (Lipinski definition) is 3. The zero-order valence-electron chi connectivity index (χ0n) is 9.95. The molecule has 2 aromatic rings. The number of aryl methyl sites for hydroxylation is 1. The minimum absolute atomic E-state index is 0.0520. The second-order valence-electron chi connectivity index (χ2n) is 3.94. The smallest absolute Gasteiger partial charge is 0.354 e. The van der Waals surface area contributed by atoms with E-state index < -0.39 is 5.97 Å². The third kappa shape index (κ3) is 3.08. The second-order valence-corrected chi connectivity index (χ2v) is 4.80. The summed E-state index contributed by atoms with van der Waals surface area (Å²) < 4.78 is 13.6. The highest BCUT2D eigenvalue weighted by Gasteiger charge is 2.08. The van der Waals surface area contributed by atoms with Gasteiger partial charge in [-0.05, 0) is 52.7 Å². The first-order valence-corrected chi connectivity index (χ1v) is 6.18. The van der Waals surface area contributed by atoms with Gasteiger partial charge in [0.2, 0.25) is 0 Å². The number of aromatic carboxylic acids is 1. The number of carboxylic acids is 1. The molecule has 1 aromatic carbocycles. The Morgan fingerprint density at radius 3 is 2.84 bits per heavy atom. The van der Waals surface area contributed by atoms with Gasteiger partial charge in [0.25, 0.3) is 0 Å². The van der Waals surface area contributed by atoms with Crippen LogP contribution in [0.25, 0.3) is 0 Å². The fourth-order valence-electron chi connectivity index (χ4n) is 1.56. The summed E-state index contributed by atoms with van der Waals surface area (Å²) in [6, 6.07) is 6.05. The number of nitrogens with one attached hydrogen (secondary N) is 1.